The van der Waals surface area contributed by atoms with E-state index >= 15 is 0 Å². The van der Waals surface area contributed by atoms with Gasteiger partial charge in [0.25, 0.3) is 0 Å². The second-order valence-corrected chi connectivity index (χ2v) is 2.19. The van der Waals surface area contributed by atoms with Crippen molar-refractivity contribution < 1.29 is 13.2 Å². The minimum Gasteiger partial charge on any atom is -0.281 e. The third-order valence-corrected chi connectivity index (χ3v) is 1.34. The van der Waals surface area contributed by atoms with Gasteiger partial charge in [-0.2, -0.15) is 13.2 Å². The van der Waals surface area contributed by atoms with Crippen LogP contribution in [0.1, 0.15) is 5.82 Å². The zero-order valence-corrected chi connectivity index (χ0v) is 6.26. The third kappa shape index (κ3) is 1.46. The summed E-state index contributed by atoms with van der Waals surface area (Å²) >= 11 is 0. The summed E-state index contributed by atoms with van der Waals surface area (Å²) in [6.45, 7) is 4.31. The Morgan fingerprint density at radius 2 is 2.17 bits per heavy atom. The molecular formula is C6H6F3N3. The highest BCUT2D eigenvalue weighted by atomic mass is 19.4. The van der Waals surface area contributed by atoms with E-state index < -0.39 is 11.9 Å². The molecule has 6 heteroatoms. The molecule has 0 radical (unpaired) electrons. The van der Waals surface area contributed by atoms with Gasteiger partial charge in [-0.15, -0.1) is 10.2 Å². The fraction of sp³-hybridized carbons (Fsp3) is 0.333. The molecule has 0 bridgehead atoms. The van der Waals surface area contributed by atoms with E-state index in [1.54, 1.807) is 0 Å². The van der Waals surface area contributed by atoms with E-state index in [0.29, 0.717) is 0 Å². The van der Waals surface area contributed by atoms with Gasteiger partial charge in [0.05, 0.1) is 0 Å². The minimum atomic E-state index is -4.44. The lowest BCUT2D eigenvalue weighted by Crippen LogP contribution is -2.15. The van der Waals surface area contributed by atoms with Crippen molar-refractivity contribution in [3.05, 3.63) is 18.7 Å². The number of aryl methyl sites for hydroxylation is 1. The zero-order chi connectivity index (χ0) is 9.35. The largest absolute Gasteiger partial charge is 0.431 e. The second-order valence-electron chi connectivity index (χ2n) is 2.19. The first-order valence-electron chi connectivity index (χ1n) is 3.06. The van der Waals surface area contributed by atoms with Crippen molar-refractivity contribution >= 4 is 5.70 Å². The molecule has 0 atom stereocenters. The molecular weight excluding hydrogens is 171 g/mol. The highest BCUT2D eigenvalue weighted by molar-refractivity contribution is 5.47. The van der Waals surface area contributed by atoms with E-state index in [1.165, 1.54) is 6.92 Å². The number of nitrogens with zero attached hydrogens (tertiary/aromatic N) is 3. The molecule has 0 aliphatic heterocycles. The number of hydrogen-bond acceptors (Lipinski definition) is 2. The maximum absolute atomic E-state index is 12.0. The molecule has 1 rings (SSSR count). The predicted molar refractivity (Wildman–Crippen MR) is 36.1 cm³/mol. The third-order valence-electron chi connectivity index (χ3n) is 1.34. The van der Waals surface area contributed by atoms with E-state index in [-0.39, 0.29) is 5.82 Å². The van der Waals surface area contributed by atoms with Crippen LogP contribution >= 0.6 is 0 Å². The molecule has 0 aliphatic carbocycles. The second kappa shape index (κ2) is 2.62. The van der Waals surface area contributed by atoms with Crippen LogP contribution in [0.4, 0.5) is 13.2 Å². The molecule has 0 fully saturated rings. The van der Waals surface area contributed by atoms with Gasteiger partial charge in [0.1, 0.15) is 17.8 Å². The van der Waals surface area contributed by atoms with Gasteiger partial charge < -0.3 is 0 Å². The van der Waals surface area contributed by atoms with Gasteiger partial charge in [0.2, 0.25) is 0 Å². The van der Waals surface area contributed by atoms with Gasteiger partial charge in [-0.3, -0.25) is 4.57 Å². The molecule has 1 aromatic heterocycles. The maximum Gasteiger partial charge on any atom is 0.431 e. The van der Waals surface area contributed by atoms with Gasteiger partial charge in [-0.25, -0.2) is 0 Å². The zero-order valence-electron chi connectivity index (χ0n) is 6.26. The first kappa shape index (κ1) is 8.76. The Balaban J connectivity index is 3.01. The van der Waals surface area contributed by atoms with Crippen LogP contribution in [0.15, 0.2) is 12.9 Å². The quantitative estimate of drug-likeness (QED) is 0.652. The average molecular weight is 177 g/mol. The molecule has 0 unspecified atom stereocenters. The fourth-order valence-electron chi connectivity index (χ4n) is 0.694. The summed E-state index contributed by atoms with van der Waals surface area (Å²) in [4.78, 5) is 0. The van der Waals surface area contributed by atoms with Crippen LogP contribution in [0.3, 0.4) is 0 Å². The first-order valence-corrected chi connectivity index (χ1v) is 3.06. The Morgan fingerprint density at radius 1 is 1.58 bits per heavy atom. The van der Waals surface area contributed by atoms with Crippen molar-refractivity contribution in [2.45, 2.75) is 13.1 Å². The molecule has 0 aromatic carbocycles. The molecule has 0 saturated heterocycles. The van der Waals surface area contributed by atoms with Crippen LogP contribution in [-0.2, 0) is 0 Å². The topological polar surface area (TPSA) is 30.7 Å². The summed E-state index contributed by atoms with van der Waals surface area (Å²) in [7, 11) is 0. The summed E-state index contributed by atoms with van der Waals surface area (Å²) in [5.74, 6) is 0.164. The van der Waals surface area contributed by atoms with Crippen molar-refractivity contribution in [2.24, 2.45) is 0 Å². The van der Waals surface area contributed by atoms with E-state index in [2.05, 4.69) is 16.8 Å². The predicted octanol–water partition coefficient (Wildman–Crippen LogP) is 1.62. The molecule has 12 heavy (non-hydrogen) atoms. The summed E-state index contributed by atoms with van der Waals surface area (Å²) in [5, 5.41) is 6.71. The van der Waals surface area contributed by atoms with Crippen molar-refractivity contribution in [2.75, 3.05) is 0 Å². The van der Waals surface area contributed by atoms with Gasteiger partial charge in [0, 0.05) is 0 Å². The summed E-state index contributed by atoms with van der Waals surface area (Å²) in [6.07, 6.45) is -3.46. The summed E-state index contributed by atoms with van der Waals surface area (Å²) in [6, 6.07) is 0. The molecule has 0 amide bonds. The molecule has 66 valence electrons. The molecule has 1 aromatic rings. The number of halogens is 3. The van der Waals surface area contributed by atoms with E-state index in [1.807, 2.05) is 0 Å². The highest BCUT2D eigenvalue weighted by Crippen LogP contribution is 2.27. The average Bonchev–Trinajstić information content (AvgIpc) is 2.31. The maximum atomic E-state index is 12.0. The fourth-order valence-corrected chi connectivity index (χ4v) is 0.694. The highest BCUT2D eigenvalue weighted by Gasteiger charge is 2.34. The van der Waals surface area contributed by atoms with Crippen LogP contribution in [0.25, 0.3) is 5.70 Å². The summed E-state index contributed by atoms with van der Waals surface area (Å²) < 4.78 is 36.8. The molecule has 1 heterocycles. The van der Waals surface area contributed by atoms with Crippen molar-refractivity contribution in [3.63, 3.8) is 0 Å². The Hall–Kier alpha value is -1.33. The van der Waals surface area contributed by atoms with Gasteiger partial charge in [-0.1, -0.05) is 6.58 Å². The Bertz CT molecular complexity index is 299. The lowest BCUT2D eigenvalue weighted by Gasteiger charge is -2.10. The number of hydrogen-bond donors (Lipinski definition) is 0. The number of alkyl halides is 3. The SMILES string of the molecule is C=C(n1cnnc1C)C(F)(F)F. The van der Waals surface area contributed by atoms with Gasteiger partial charge in [0.15, 0.2) is 0 Å². The van der Waals surface area contributed by atoms with Crippen LogP contribution in [0, 0.1) is 6.92 Å². The van der Waals surface area contributed by atoms with E-state index in [4.69, 9.17) is 0 Å². The van der Waals surface area contributed by atoms with Crippen LogP contribution in [-0.4, -0.2) is 20.9 Å². The minimum absolute atomic E-state index is 0.164. The standard InChI is InChI=1S/C6H6F3N3/c1-4(6(7,8)9)12-3-10-11-5(12)2/h3H,1H2,2H3. The number of allylic oxidation sites excluding steroid dienone is 1. The Kier molecular flexibility index (Phi) is 1.91. The Morgan fingerprint density at radius 3 is 2.50 bits per heavy atom. The van der Waals surface area contributed by atoms with Crippen molar-refractivity contribution in [3.8, 4) is 0 Å². The monoisotopic (exact) mass is 177 g/mol. The molecule has 0 aliphatic rings. The van der Waals surface area contributed by atoms with Crippen LogP contribution < -0.4 is 0 Å². The molecule has 0 spiro atoms. The van der Waals surface area contributed by atoms with E-state index in [0.717, 1.165) is 10.9 Å². The first-order chi connectivity index (χ1) is 5.43. The number of rotatable bonds is 1. The lowest BCUT2D eigenvalue weighted by molar-refractivity contribution is -0.0735. The Labute approximate surface area is 66.5 Å². The van der Waals surface area contributed by atoms with Crippen LogP contribution in [0.2, 0.25) is 0 Å². The summed E-state index contributed by atoms with van der Waals surface area (Å²) in [5.41, 5.74) is -0.981. The van der Waals surface area contributed by atoms with Crippen molar-refractivity contribution in [1.29, 1.82) is 0 Å². The number of aromatic nitrogens is 3. The lowest BCUT2D eigenvalue weighted by atomic mass is 10.4. The van der Waals surface area contributed by atoms with Crippen LogP contribution in [0.5, 0.6) is 0 Å². The molecule has 0 N–H and O–H groups in total. The van der Waals surface area contributed by atoms with E-state index in [9.17, 15) is 13.2 Å². The van der Waals surface area contributed by atoms with Gasteiger partial charge >= 0.3 is 6.18 Å². The smallest absolute Gasteiger partial charge is 0.281 e. The molecule has 3 nitrogen and oxygen atoms in total. The molecule has 0 saturated carbocycles. The normalized spacial score (nSPS) is 11.7. The van der Waals surface area contributed by atoms with Gasteiger partial charge in [-0.05, 0) is 6.92 Å². The van der Waals surface area contributed by atoms with Crippen molar-refractivity contribution in [1.82, 2.24) is 14.8 Å².